The first-order chi connectivity index (χ1) is 10.5. The average molecular weight is 318 g/mol. The van der Waals surface area contributed by atoms with Crippen molar-refractivity contribution in [3.05, 3.63) is 46.8 Å². The molecule has 3 aromatic rings. The van der Waals surface area contributed by atoms with Crippen molar-refractivity contribution in [2.45, 2.75) is 0 Å². The molecule has 0 aliphatic heterocycles. The van der Waals surface area contributed by atoms with Crippen LogP contribution in [0.2, 0.25) is 0 Å². The third kappa shape index (κ3) is 2.65. The SMILES string of the molecule is COc1cc(O)c2c(=O)c(-c3ccc(O)c(O)c3)coc2c1.O. The Morgan fingerprint density at radius 3 is 2.39 bits per heavy atom. The lowest BCUT2D eigenvalue weighted by Gasteiger charge is -2.07. The standard InChI is InChI=1S/C16H12O6.H2O/c1-21-9-5-13(19)15-14(6-9)22-7-10(16(15)20)8-2-3-11(17)12(18)4-8;/h2-7,17-19H,1H3;1H2. The minimum atomic E-state index is -0.452. The van der Waals surface area contributed by atoms with Crippen LogP contribution < -0.4 is 10.2 Å². The van der Waals surface area contributed by atoms with Crippen LogP contribution in [0.15, 0.2) is 45.8 Å². The quantitative estimate of drug-likeness (QED) is 0.617. The number of ether oxygens (including phenoxy) is 1. The van der Waals surface area contributed by atoms with Gasteiger partial charge in [-0.15, -0.1) is 0 Å². The van der Waals surface area contributed by atoms with E-state index in [0.29, 0.717) is 11.3 Å². The molecule has 0 saturated heterocycles. The van der Waals surface area contributed by atoms with Gasteiger partial charge in [-0.1, -0.05) is 6.07 Å². The van der Waals surface area contributed by atoms with Gasteiger partial charge >= 0.3 is 0 Å². The molecule has 0 spiro atoms. The fraction of sp³-hybridized carbons (Fsp3) is 0.0625. The van der Waals surface area contributed by atoms with E-state index in [1.54, 1.807) is 0 Å². The number of hydrogen-bond acceptors (Lipinski definition) is 6. The highest BCUT2D eigenvalue weighted by molar-refractivity contribution is 5.88. The summed E-state index contributed by atoms with van der Waals surface area (Å²) in [6, 6.07) is 6.79. The van der Waals surface area contributed by atoms with Crippen molar-refractivity contribution in [1.82, 2.24) is 0 Å². The van der Waals surface area contributed by atoms with Crippen LogP contribution in [-0.4, -0.2) is 27.9 Å². The third-order valence-electron chi connectivity index (χ3n) is 3.35. The summed E-state index contributed by atoms with van der Waals surface area (Å²) in [5.74, 6) is -0.534. The molecule has 0 aliphatic carbocycles. The third-order valence-corrected chi connectivity index (χ3v) is 3.35. The summed E-state index contributed by atoms with van der Waals surface area (Å²) in [6.07, 6.45) is 1.23. The van der Waals surface area contributed by atoms with Gasteiger partial charge in [0, 0.05) is 12.1 Å². The molecule has 2 aromatic carbocycles. The van der Waals surface area contributed by atoms with Crippen molar-refractivity contribution in [2.24, 2.45) is 0 Å². The van der Waals surface area contributed by atoms with Gasteiger partial charge in [0.1, 0.15) is 28.7 Å². The molecule has 23 heavy (non-hydrogen) atoms. The van der Waals surface area contributed by atoms with Gasteiger partial charge in [0.2, 0.25) is 5.43 Å². The van der Waals surface area contributed by atoms with Crippen LogP contribution in [0.1, 0.15) is 0 Å². The minimum absolute atomic E-state index is 0. The van der Waals surface area contributed by atoms with Crippen molar-refractivity contribution in [1.29, 1.82) is 0 Å². The Kier molecular flexibility index (Phi) is 4.15. The monoisotopic (exact) mass is 318 g/mol. The Bertz CT molecular complexity index is 928. The first kappa shape index (κ1) is 16.2. The molecule has 1 heterocycles. The van der Waals surface area contributed by atoms with Gasteiger partial charge in [-0.2, -0.15) is 0 Å². The molecular formula is C16H14O7. The molecule has 5 N–H and O–H groups in total. The highest BCUT2D eigenvalue weighted by Gasteiger charge is 2.15. The molecule has 120 valence electrons. The predicted octanol–water partition coefficient (Wildman–Crippen LogP) is 1.76. The second kappa shape index (κ2) is 5.90. The molecule has 0 fully saturated rings. The van der Waals surface area contributed by atoms with Crippen molar-refractivity contribution in [3.63, 3.8) is 0 Å². The topological polar surface area (TPSA) is 132 Å². The normalized spacial score (nSPS) is 10.3. The number of benzene rings is 2. The van der Waals surface area contributed by atoms with Crippen LogP contribution in [0.4, 0.5) is 0 Å². The minimum Gasteiger partial charge on any atom is -0.507 e. The molecule has 7 heteroatoms. The van der Waals surface area contributed by atoms with Gasteiger partial charge in [-0.3, -0.25) is 4.79 Å². The van der Waals surface area contributed by atoms with E-state index in [2.05, 4.69) is 0 Å². The Labute approximate surface area is 129 Å². The lowest BCUT2D eigenvalue weighted by Crippen LogP contribution is -2.05. The van der Waals surface area contributed by atoms with E-state index >= 15 is 0 Å². The number of fused-ring (bicyclic) bond motifs is 1. The molecular weight excluding hydrogens is 304 g/mol. The van der Waals surface area contributed by atoms with Crippen LogP contribution in [0.3, 0.4) is 0 Å². The second-order valence-electron chi connectivity index (χ2n) is 4.70. The van der Waals surface area contributed by atoms with Crippen molar-refractivity contribution in [2.75, 3.05) is 7.11 Å². The van der Waals surface area contributed by atoms with Gasteiger partial charge in [0.25, 0.3) is 0 Å². The van der Waals surface area contributed by atoms with Gasteiger partial charge < -0.3 is 29.9 Å². The average Bonchev–Trinajstić information content (AvgIpc) is 2.50. The smallest absolute Gasteiger partial charge is 0.204 e. The van der Waals surface area contributed by atoms with Gasteiger partial charge in [0.05, 0.1) is 12.7 Å². The van der Waals surface area contributed by atoms with Crippen molar-refractivity contribution >= 4 is 11.0 Å². The molecule has 3 rings (SSSR count). The first-order valence-corrected chi connectivity index (χ1v) is 6.36. The van der Waals surface area contributed by atoms with Crippen LogP contribution in [0.5, 0.6) is 23.0 Å². The molecule has 0 atom stereocenters. The van der Waals surface area contributed by atoms with Crippen LogP contribution >= 0.6 is 0 Å². The summed E-state index contributed by atoms with van der Waals surface area (Å²) < 4.78 is 10.4. The van der Waals surface area contributed by atoms with E-state index in [1.807, 2.05) is 0 Å². The van der Waals surface area contributed by atoms with Crippen molar-refractivity contribution in [3.8, 4) is 34.1 Å². The highest BCUT2D eigenvalue weighted by Crippen LogP contribution is 2.32. The van der Waals surface area contributed by atoms with Gasteiger partial charge in [0.15, 0.2) is 11.5 Å². The lowest BCUT2D eigenvalue weighted by atomic mass is 10.0. The number of hydrogen-bond donors (Lipinski definition) is 3. The Morgan fingerprint density at radius 1 is 1.00 bits per heavy atom. The lowest BCUT2D eigenvalue weighted by molar-refractivity contribution is 0.404. The maximum absolute atomic E-state index is 12.5. The second-order valence-corrected chi connectivity index (χ2v) is 4.70. The Hall–Kier alpha value is -3.19. The molecule has 0 amide bonds. The number of methoxy groups -OCH3 is 1. The van der Waals surface area contributed by atoms with E-state index in [1.165, 1.54) is 43.7 Å². The summed E-state index contributed by atoms with van der Waals surface area (Å²) in [4.78, 5) is 12.5. The molecule has 0 aliphatic rings. The first-order valence-electron chi connectivity index (χ1n) is 6.36. The summed E-state index contributed by atoms with van der Waals surface area (Å²) in [5.41, 5.74) is 0.254. The van der Waals surface area contributed by atoms with Crippen LogP contribution in [0, 0.1) is 0 Å². The maximum Gasteiger partial charge on any atom is 0.204 e. The zero-order valence-corrected chi connectivity index (χ0v) is 12.0. The zero-order chi connectivity index (χ0) is 15.9. The Balaban J connectivity index is 0.00000192. The van der Waals surface area contributed by atoms with E-state index < -0.39 is 5.43 Å². The van der Waals surface area contributed by atoms with E-state index in [-0.39, 0.29) is 39.3 Å². The van der Waals surface area contributed by atoms with E-state index in [9.17, 15) is 20.1 Å². The fourth-order valence-corrected chi connectivity index (χ4v) is 2.22. The van der Waals surface area contributed by atoms with Gasteiger partial charge in [-0.25, -0.2) is 0 Å². The maximum atomic E-state index is 12.5. The van der Waals surface area contributed by atoms with Crippen LogP contribution in [0.25, 0.3) is 22.1 Å². The number of phenolic OH excluding ortho intramolecular Hbond substituents is 3. The molecule has 0 bridgehead atoms. The summed E-state index contributed by atoms with van der Waals surface area (Å²) in [7, 11) is 1.44. The Morgan fingerprint density at radius 2 is 1.74 bits per heavy atom. The number of aromatic hydroxyl groups is 3. The fourth-order valence-electron chi connectivity index (χ4n) is 2.22. The summed E-state index contributed by atoms with van der Waals surface area (Å²) in [6.45, 7) is 0. The molecule has 7 nitrogen and oxygen atoms in total. The zero-order valence-electron chi connectivity index (χ0n) is 12.0. The molecule has 0 radical (unpaired) electrons. The van der Waals surface area contributed by atoms with E-state index in [0.717, 1.165) is 0 Å². The molecule has 0 unspecified atom stereocenters. The number of phenols is 3. The largest absolute Gasteiger partial charge is 0.507 e. The van der Waals surface area contributed by atoms with Crippen molar-refractivity contribution < 1.29 is 29.9 Å². The van der Waals surface area contributed by atoms with Crippen LogP contribution in [-0.2, 0) is 0 Å². The van der Waals surface area contributed by atoms with Gasteiger partial charge in [-0.05, 0) is 17.7 Å². The number of rotatable bonds is 2. The predicted molar refractivity (Wildman–Crippen MR) is 83.1 cm³/mol. The summed E-state index contributed by atoms with van der Waals surface area (Å²) >= 11 is 0. The molecule has 1 aromatic heterocycles. The van der Waals surface area contributed by atoms with E-state index in [4.69, 9.17) is 9.15 Å². The molecule has 0 saturated carbocycles. The summed E-state index contributed by atoms with van der Waals surface area (Å²) in [5, 5.41) is 28.9. The highest BCUT2D eigenvalue weighted by atomic mass is 16.5.